The Morgan fingerprint density at radius 2 is 2.00 bits per heavy atom. The van der Waals surface area contributed by atoms with Gasteiger partial charge >= 0.3 is 13.0 Å². The molecule has 0 radical (unpaired) electrons. The highest BCUT2D eigenvalue weighted by Crippen LogP contribution is 2.31. The van der Waals surface area contributed by atoms with Gasteiger partial charge in [0, 0.05) is 23.0 Å². The van der Waals surface area contributed by atoms with Gasteiger partial charge in [-0.15, -0.1) is 11.3 Å². The molecular formula is C22H25BN2O3S. The Kier molecular flexibility index (Phi) is 5.90. The van der Waals surface area contributed by atoms with E-state index in [1.807, 2.05) is 19.0 Å². The fraction of sp³-hybridized carbons (Fsp3) is 0.318. The summed E-state index contributed by atoms with van der Waals surface area (Å²) in [4.78, 5) is 15.9. The highest BCUT2D eigenvalue weighted by Gasteiger charge is 2.28. The van der Waals surface area contributed by atoms with Crippen LogP contribution in [0.25, 0.3) is 10.1 Å². The number of carbonyl (C=O) groups is 1. The number of benzene rings is 2. The molecule has 4 rings (SSSR count). The van der Waals surface area contributed by atoms with Crippen LogP contribution < -0.4 is 4.90 Å². The van der Waals surface area contributed by atoms with Gasteiger partial charge in [0.1, 0.15) is 0 Å². The van der Waals surface area contributed by atoms with E-state index in [-0.39, 0.29) is 0 Å². The molecule has 0 atom stereocenters. The summed E-state index contributed by atoms with van der Waals surface area (Å²) < 4.78 is 1.27. The largest absolute Gasteiger partial charge is 0.478 e. The van der Waals surface area contributed by atoms with Crippen molar-refractivity contribution in [2.24, 2.45) is 0 Å². The molecule has 1 fully saturated rings. The predicted octanol–water partition coefficient (Wildman–Crippen LogP) is 4.18. The molecule has 5 nitrogen and oxygen atoms in total. The molecule has 1 aromatic heterocycles. The van der Waals surface area contributed by atoms with Crippen molar-refractivity contribution in [3.05, 3.63) is 65.0 Å². The zero-order chi connectivity index (χ0) is 20.4. The lowest BCUT2D eigenvalue weighted by Crippen LogP contribution is -2.49. The molecule has 0 aliphatic carbocycles. The van der Waals surface area contributed by atoms with Crippen LogP contribution in [0.3, 0.4) is 0 Å². The molecule has 29 heavy (non-hydrogen) atoms. The average molecular weight is 408 g/mol. The summed E-state index contributed by atoms with van der Waals surface area (Å²) in [6.07, 6.45) is 1.93. The maximum atomic E-state index is 11.4. The second-order valence-corrected chi connectivity index (χ2v) is 8.62. The molecule has 0 spiro atoms. The molecule has 2 heterocycles. The molecule has 1 aliphatic heterocycles. The van der Waals surface area contributed by atoms with Crippen LogP contribution in [0, 0.1) is 0 Å². The average Bonchev–Trinajstić information content (AvgIpc) is 3.20. The summed E-state index contributed by atoms with van der Waals surface area (Å²) in [6.45, 7) is 4.19. The molecule has 0 amide bonds. The maximum absolute atomic E-state index is 11.4. The van der Waals surface area contributed by atoms with Crippen molar-refractivity contribution in [1.29, 1.82) is 0 Å². The maximum Gasteiger partial charge on any atom is 0.376 e. The molecule has 2 N–H and O–H groups in total. The van der Waals surface area contributed by atoms with Gasteiger partial charge in [0.2, 0.25) is 0 Å². The molecule has 7 heteroatoms. The van der Waals surface area contributed by atoms with E-state index < -0.39 is 13.0 Å². The molecule has 150 valence electrons. The summed E-state index contributed by atoms with van der Waals surface area (Å²) in [5.41, 5.74) is 2.47. The first-order valence-electron chi connectivity index (χ1n) is 9.99. The third kappa shape index (κ3) is 4.47. The predicted molar refractivity (Wildman–Crippen MR) is 120 cm³/mol. The fourth-order valence-electron chi connectivity index (χ4n) is 4.13. The number of carboxylic acid groups (broad SMARTS) is 1. The number of aromatic carboxylic acids is 1. The Morgan fingerprint density at radius 3 is 2.72 bits per heavy atom. The number of hydrogen-bond acceptors (Lipinski definition) is 5. The van der Waals surface area contributed by atoms with E-state index in [0.29, 0.717) is 18.2 Å². The molecule has 0 bridgehead atoms. The molecule has 3 aromatic rings. The van der Waals surface area contributed by atoms with Crippen molar-refractivity contribution < 1.29 is 14.9 Å². The van der Waals surface area contributed by atoms with Crippen molar-refractivity contribution in [2.45, 2.75) is 32.3 Å². The first kappa shape index (κ1) is 19.9. The number of piperidine rings is 1. The Morgan fingerprint density at radius 1 is 1.21 bits per heavy atom. The van der Waals surface area contributed by atoms with E-state index in [1.165, 1.54) is 10.1 Å². The van der Waals surface area contributed by atoms with Crippen LogP contribution in [0.4, 0.5) is 5.69 Å². The Balaban J connectivity index is 1.63. The minimum Gasteiger partial charge on any atom is -0.478 e. The lowest BCUT2D eigenvalue weighted by Gasteiger charge is -2.40. The number of nitrogens with zero attached hydrogens (tertiary/aromatic N) is 2. The van der Waals surface area contributed by atoms with Crippen molar-refractivity contribution in [1.82, 2.24) is 4.81 Å². The van der Waals surface area contributed by atoms with Crippen molar-refractivity contribution in [2.75, 3.05) is 18.0 Å². The SMILES string of the molecule is CB(O)N1CCC(N(Cc2cccc(C(=O)O)c2)c2ccc3sccc3c2)CC1. The van der Waals surface area contributed by atoms with Crippen LogP contribution in [0.1, 0.15) is 28.8 Å². The van der Waals surface area contributed by atoms with Gasteiger partial charge in [-0.1, -0.05) is 12.1 Å². The van der Waals surface area contributed by atoms with E-state index in [0.717, 1.165) is 37.2 Å². The lowest BCUT2D eigenvalue weighted by molar-refractivity contribution is 0.0696. The van der Waals surface area contributed by atoms with Crippen LogP contribution in [0.5, 0.6) is 0 Å². The summed E-state index contributed by atoms with van der Waals surface area (Å²) in [7, 11) is -0.418. The van der Waals surface area contributed by atoms with Gasteiger partial charge in [-0.3, -0.25) is 0 Å². The third-order valence-corrected chi connectivity index (χ3v) is 6.66. The first-order valence-corrected chi connectivity index (χ1v) is 10.9. The van der Waals surface area contributed by atoms with Crippen LogP contribution in [-0.2, 0) is 6.54 Å². The molecule has 1 aliphatic rings. The zero-order valence-corrected chi connectivity index (χ0v) is 17.3. The Bertz CT molecular complexity index is 998. The van der Waals surface area contributed by atoms with E-state index in [9.17, 15) is 14.9 Å². The van der Waals surface area contributed by atoms with E-state index in [4.69, 9.17) is 0 Å². The number of thiophene rings is 1. The van der Waals surface area contributed by atoms with Gasteiger partial charge in [0.25, 0.3) is 0 Å². The van der Waals surface area contributed by atoms with Gasteiger partial charge in [0.15, 0.2) is 0 Å². The van der Waals surface area contributed by atoms with Crippen molar-refractivity contribution >= 4 is 40.1 Å². The minimum atomic E-state index is -0.900. The number of hydrogen-bond donors (Lipinski definition) is 2. The minimum absolute atomic E-state index is 0.319. The summed E-state index contributed by atoms with van der Waals surface area (Å²) in [6, 6.07) is 16.3. The van der Waals surface area contributed by atoms with Gasteiger partial charge in [-0.2, -0.15) is 0 Å². The lowest BCUT2D eigenvalue weighted by atomic mass is 9.82. The van der Waals surface area contributed by atoms with Gasteiger partial charge in [-0.05, 0) is 85.5 Å². The van der Waals surface area contributed by atoms with E-state index in [1.54, 1.807) is 23.5 Å². The third-order valence-electron chi connectivity index (χ3n) is 5.76. The number of fused-ring (bicyclic) bond motifs is 1. The fourth-order valence-corrected chi connectivity index (χ4v) is 4.91. The molecular weight excluding hydrogens is 383 g/mol. The molecule has 1 saturated heterocycles. The standard InChI is InChI=1S/C22H25BN2O3S/c1-23(28)24-10-7-19(8-11-24)25(15-16-3-2-4-18(13-16)22(26)27)20-5-6-21-17(14-20)9-12-29-21/h2-6,9,12-14,19,28H,7-8,10-11,15H2,1H3,(H,26,27). The Labute approximate surface area is 175 Å². The smallest absolute Gasteiger partial charge is 0.376 e. The number of anilines is 1. The van der Waals surface area contributed by atoms with Gasteiger partial charge in [-0.25, -0.2) is 4.79 Å². The van der Waals surface area contributed by atoms with Gasteiger partial charge in [0.05, 0.1) is 5.56 Å². The summed E-state index contributed by atoms with van der Waals surface area (Å²) in [5, 5.41) is 22.6. The molecule has 2 aromatic carbocycles. The monoisotopic (exact) mass is 408 g/mol. The quantitative estimate of drug-likeness (QED) is 0.599. The van der Waals surface area contributed by atoms with Crippen LogP contribution >= 0.6 is 11.3 Å². The van der Waals surface area contributed by atoms with E-state index >= 15 is 0 Å². The second kappa shape index (κ2) is 8.57. The topological polar surface area (TPSA) is 64.0 Å². The van der Waals surface area contributed by atoms with Crippen LogP contribution in [0.15, 0.2) is 53.9 Å². The number of carboxylic acids is 1. The van der Waals surface area contributed by atoms with Crippen LogP contribution in [-0.4, -0.2) is 47.1 Å². The van der Waals surface area contributed by atoms with Gasteiger partial charge < -0.3 is 19.8 Å². The highest BCUT2D eigenvalue weighted by atomic mass is 32.1. The Hall–Kier alpha value is -2.35. The highest BCUT2D eigenvalue weighted by molar-refractivity contribution is 7.17. The summed E-state index contributed by atoms with van der Waals surface area (Å²) in [5.74, 6) is -0.900. The normalized spacial score (nSPS) is 15.5. The molecule has 0 saturated carbocycles. The second-order valence-electron chi connectivity index (χ2n) is 7.68. The van der Waals surface area contributed by atoms with Crippen LogP contribution in [0.2, 0.25) is 6.82 Å². The first-order chi connectivity index (χ1) is 14.0. The van der Waals surface area contributed by atoms with E-state index in [2.05, 4.69) is 39.4 Å². The summed E-state index contributed by atoms with van der Waals surface area (Å²) >= 11 is 1.74. The van der Waals surface area contributed by atoms with Crippen molar-refractivity contribution in [3.63, 3.8) is 0 Å². The zero-order valence-electron chi connectivity index (χ0n) is 16.5. The molecule has 0 unspecified atom stereocenters. The number of rotatable bonds is 6. The van der Waals surface area contributed by atoms with Crippen molar-refractivity contribution in [3.8, 4) is 0 Å².